The van der Waals surface area contributed by atoms with Crippen molar-refractivity contribution in [2.45, 2.75) is 12.5 Å². The molecule has 0 bridgehead atoms. The lowest BCUT2D eigenvalue weighted by atomic mass is 10.0. The van der Waals surface area contributed by atoms with E-state index >= 15 is 0 Å². The van der Waals surface area contributed by atoms with E-state index < -0.39 is 17.7 Å². The third-order valence-corrected chi connectivity index (χ3v) is 2.90. The van der Waals surface area contributed by atoms with Gasteiger partial charge in [-0.25, -0.2) is 8.78 Å². The van der Waals surface area contributed by atoms with Crippen LogP contribution in [-0.2, 0) is 6.42 Å². The van der Waals surface area contributed by atoms with Crippen LogP contribution in [0.1, 0.15) is 17.2 Å². The van der Waals surface area contributed by atoms with Crippen molar-refractivity contribution in [1.82, 2.24) is 0 Å². The Hall–Kier alpha value is -1.94. The highest BCUT2D eigenvalue weighted by Crippen LogP contribution is 2.24. The number of methoxy groups -OCH3 is 1. The van der Waals surface area contributed by atoms with Gasteiger partial charge in [-0.05, 0) is 23.8 Å². The van der Waals surface area contributed by atoms with Gasteiger partial charge in [0, 0.05) is 12.0 Å². The second kappa shape index (κ2) is 5.80. The molecule has 1 atom stereocenters. The molecule has 0 aromatic heterocycles. The highest BCUT2D eigenvalue weighted by molar-refractivity contribution is 5.30. The molecule has 2 rings (SSSR count). The smallest absolute Gasteiger partial charge is 0.164 e. The first-order valence-corrected chi connectivity index (χ1v) is 5.86. The summed E-state index contributed by atoms with van der Waals surface area (Å²) in [6.07, 6.45) is -0.903. The second-order valence-corrected chi connectivity index (χ2v) is 4.21. The van der Waals surface area contributed by atoms with Crippen molar-refractivity contribution in [3.63, 3.8) is 0 Å². The van der Waals surface area contributed by atoms with Crippen LogP contribution in [0.25, 0.3) is 0 Å². The summed E-state index contributed by atoms with van der Waals surface area (Å²) in [5, 5.41) is 10.00. The number of hydrogen-bond acceptors (Lipinski definition) is 2. The third-order valence-electron chi connectivity index (χ3n) is 2.90. The van der Waals surface area contributed by atoms with E-state index in [4.69, 9.17) is 4.74 Å². The van der Waals surface area contributed by atoms with Crippen molar-refractivity contribution in [1.29, 1.82) is 0 Å². The molecular weight excluding hydrogens is 250 g/mol. The molecule has 1 unspecified atom stereocenters. The Morgan fingerprint density at radius 1 is 1.16 bits per heavy atom. The normalized spacial score (nSPS) is 12.2. The van der Waals surface area contributed by atoms with Crippen molar-refractivity contribution < 1.29 is 18.6 Å². The average molecular weight is 264 g/mol. The number of halogens is 2. The van der Waals surface area contributed by atoms with Gasteiger partial charge in [-0.3, -0.25) is 0 Å². The van der Waals surface area contributed by atoms with E-state index in [1.165, 1.54) is 12.1 Å². The molecule has 0 heterocycles. The molecule has 1 N–H and O–H groups in total. The summed E-state index contributed by atoms with van der Waals surface area (Å²) in [5.41, 5.74) is 0.748. The van der Waals surface area contributed by atoms with E-state index in [1.54, 1.807) is 31.4 Å². The van der Waals surface area contributed by atoms with Gasteiger partial charge >= 0.3 is 0 Å². The van der Waals surface area contributed by atoms with Crippen LogP contribution in [0.3, 0.4) is 0 Å². The molecule has 0 saturated heterocycles. The van der Waals surface area contributed by atoms with Crippen molar-refractivity contribution in [3.05, 3.63) is 65.2 Å². The molecule has 2 nitrogen and oxygen atoms in total. The van der Waals surface area contributed by atoms with E-state index in [-0.39, 0.29) is 12.0 Å². The van der Waals surface area contributed by atoms with E-state index in [1.807, 2.05) is 0 Å². The largest absolute Gasteiger partial charge is 0.497 e. The molecule has 100 valence electrons. The standard InChI is InChI=1S/C15H14F2O2/c1-19-11-5-2-4-10(8-11)9-14(18)12-6-3-7-13(16)15(12)17/h2-8,14,18H,9H2,1H3. The van der Waals surface area contributed by atoms with Crippen LogP contribution in [0.4, 0.5) is 8.78 Å². The van der Waals surface area contributed by atoms with Gasteiger partial charge in [-0.2, -0.15) is 0 Å². The Kier molecular flexibility index (Phi) is 4.12. The molecular formula is C15H14F2O2. The molecule has 19 heavy (non-hydrogen) atoms. The van der Waals surface area contributed by atoms with Crippen LogP contribution >= 0.6 is 0 Å². The maximum atomic E-state index is 13.5. The number of benzene rings is 2. The van der Waals surface area contributed by atoms with Gasteiger partial charge in [-0.15, -0.1) is 0 Å². The SMILES string of the molecule is COc1cccc(CC(O)c2cccc(F)c2F)c1. The van der Waals surface area contributed by atoms with Crippen molar-refractivity contribution in [2.24, 2.45) is 0 Å². The Morgan fingerprint density at radius 2 is 1.89 bits per heavy atom. The number of aliphatic hydroxyl groups excluding tert-OH is 1. The Morgan fingerprint density at radius 3 is 2.63 bits per heavy atom. The molecule has 0 aliphatic rings. The average Bonchev–Trinajstić information content (AvgIpc) is 2.42. The van der Waals surface area contributed by atoms with E-state index in [0.717, 1.165) is 11.6 Å². The maximum absolute atomic E-state index is 13.5. The molecule has 0 aliphatic heterocycles. The predicted octanol–water partition coefficient (Wildman–Crippen LogP) is 3.25. The zero-order chi connectivity index (χ0) is 13.8. The van der Waals surface area contributed by atoms with Crippen molar-refractivity contribution in [2.75, 3.05) is 7.11 Å². The summed E-state index contributed by atoms with van der Waals surface area (Å²) in [6, 6.07) is 10.9. The number of hydrogen-bond donors (Lipinski definition) is 1. The van der Waals surface area contributed by atoms with Gasteiger partial charge in [0.15, 0.2) is 11.6 Å². The fourth-order valence-electron chi connectivity index (χ4n) is 1.91. The number of rotatable bonds is 4. The summed E-state index contributed by atoms with van der Waals surface area (Å²) < 4.78 is 31.7. The van der Waals surface area contributed by atoms with Crippen LogP contribution in [-0.4, -0.2) is 12.2 Å². The zero-order valence-corrected chi connectivity index (χ0v) is 10.4. The summed E-state index contributed by atoms with van der Waals surface area (Å²) >= 11 is 0. The number of ether oxygens (including phenoxy) is 1. The molecule has 0 amide bonds. The van der Waals surface area contributed by atoms with Crippen LogP contribution < -0.4 is 4.74 Å². The molecule has 4 heteroatoms. The Bertz CT molecular complexity index is 570. The second-order valence-electron chi connectivity index (χ2n) is 4.21. The van der Waals surface area contributed by atoms with Crippen molar-refractivity contribution >= 4 is 0 Å². The van der Waals surface area contributed by atoms with Gasteiger partial charge in [0.1, 0.15) is 5.75 Å². The molecule has 0 radical (unpaired) electrons. The zero-order valence-electron chi connectivity index (χ0n) is 10.4. The first-order valence-electron chi connectivity index (χ1n) is 5.86. The molecule has 2 aromatic carbocycles. The minimum absolute atomic E-state index is 0.0391. The van der Waals surface area contributed by atoms with Gasteiger partial charge < -0.3 is 9.84 Å². The first-order chi connectivity index (χ1) is 9.11. The van der Waals surface area contributed by atoms with E-state index in [2.05, 4.69) is 0 Å². The quantitative estimate of drug-likeness (QED) is 0.918. The molecule has 0 spiro atoms. The molecule has 0 fully saturated rings. The fourth-order valence-corrected chi connectivity index (χ4v) is 1.91. The summed E-state index contributed by atoms with van der Waals surface area (Å²) in [4.78, 5) is 0. The summed E-state index contributed by atoms with van der Waals surface area (Å²) in [6.45, 7) is 0. The van der Waals surface area contributed by atoms with Gasteiger partial charge in [-0.1, -0.05) is 24.3 Å². The minimum atomic E-state index is -1.09. The predicted molar refractivity (Wildman–Crippen MR) is 68.0 cm³/mol. The molecule has 0 saturated carbocycles. The van der Waals surface area contributed by atoms with Gasteiger partial charge in [0.2, 0.25) is 0 Å². The molecule has 2 aromatic rings. The topological polar surface area (TPSA) is 29.5 Å². The van der Waals surface area contributed by atoms with Crippen LogP contribution in [0, 0.1) is 11.6 Å². The van der Waals surface area contributed by atoms with E-state index in [0.29, 0.717) is 5.75 Å². The van der Waals surface area contributed by atoms with Gasteiger partial charge in [0.25, 0.3) is 0 Å². The highest BCUT2D eigenvalue weighted by Gasteiger charge is 2.16. The minimum Gasteiger partial charge on any atom is -0.497 e. The van der Waals surface area contributed by atoms with Crippen LogP contribution in [0.5, 0.6) is 5.75 Å². The maximum Gasteiger partial charge on any atom is 0.164 e. The monoisotopic (exact) mass is 264 g/mol. The fraction of sp³-hybridized carbons (Fsp3) is 0.200. The highest BCUT2D eigenvalue weighted by atomic mass is 19.2. The van der Waals surface area contributed by atoms with Crippen molar-refractivity contribution in [3.8, 4) is 5.75 Å². The van der Waals surface area contributed by atoms with E-state index in [9.17, 15) is 13.9 Å². The van der Waals surface area contributed by atoms with Crippen LogP contribution in [0.2, 0.25) is 0 Å². The first kappa shape index (κ1) is 13.5. The third kappa shape index (κ3) is 3.09. The lowest BCUT2D eigenvalue weighted by Crippen LogP contribution is -2.05. The van der Waals surface area contributed by atoms with Gasteiger partial charge in [0.05, 0.1) is 13.2 Å². The Labute approximate surface area is 110 Å². The number of aliphatic hydroxyl groups is 1. The lowest BCUT2D eigenvalue weighted by molar-refractivity contribution is 0.172. The lowest BCUT2D eigenvalue weighted by Gasteiger charge is -2.13. The summed E-state index contributed by atoms with van der Waals surface area (Å²) in [7, 11) is 1.54. The molecule has 0 aliphatic carbocycles. The summed E-state index contributed by atoms with van der Waals surface area (Å²) in [5.74, 6) is -1.30. The Balaban J connectivity index is 2.20. The van der Waals surface area contributed by atoms with Crippen LogP contribution in [0.15, 0.2) is 42.5 Å².